The van der Waals surface area contributed by atoms with Crippen LogP contribution in [-0.4, -0.2) is 25.2 Å². The topological polar surface area (TPSA) is 34.1 Å². The quantitative estimate of drug-likeness (QED) is 0.598. The van der Waals surface area contributed by atoms with Crippen molar-refractivity contribution in [2.24, 2.45) is 0 Å². The second-order valence-corrected chi connectivity index (χ2v) is 5.88. The van der Waals surface area contributed by atoms with Gasteiger partial charge in [-0.25, -0.2) is 4.98 Å². The third-order valence-corrected chi connectivity index (χ3v) is 4.23. The van der Waals surface area contributed by atoms with Gasteiger partial charge in [0.25, 0.3) is 0 Å². The van der Waals surface area contributed by atoms with Crippen LogP contribution >= 0.6 is 11.8 Å². The van der Waals surface area contributed by atoms with Crippen molar-refractivity contribution in [1.29, 1.82) is 0 Å². The minimum atomic E-state index is 0.728. The number of nitrogens with zero attached hydrogens (tertiary/aromatic N) is 1. The normalized spacial score (nSPS) is 10.8. The average molecular weight is 302 g/mol. The Kier molecular flexibility index (Phi) is 6.73. The highest BCUT2D eigenvalue weighted by atomic mass is 32.2. The van der Waals surface area contributed by atoms with Gasteiger partial charge in [0.2, 0.25) is 0 Å². The van der Waals surface area contributed by atoms with E-state index in [4.69, 9.17) is 4.74 Å². The van der Waals surface area contributed by atoms with Crippen LogP contribution in [0.25, 0.3) is 0 Å². The number of methoxy groups -OCH3 is 1. The Balaban J connectivity index is 1.93. The lowest BCUT2D eigenvalue weighted by molar-refractivity contribution is 0.199. The first kappa shape index (κ1) is 16.0. The lowest BCUT2D eigenvalue weighted by atomic mass is 10.2. The minimum absolute atomic E-state index is 0.728. The van der Waals surface area contributed by atoms with Crippen molar-refractivity contribution in [1.82, 2.24) is 10.3 Å². The Bertz CT molecular complexity index is 560. The molecule has 0 aliphatic carbocycles. The molecule has 0 fully saturated rings. The van der Waals surface area contributed by atoms with Gasteiger partial charge in [-0.2, -0.15) is 0 Å². The Morgan fingerprint density at radius 1 is 1.24 bits per heavy atom. The monoisotopic (exact) mass is 302 g/mol. The van der Waals surface area contributed by atoms with Gasteiger partial charge in [-0.15, -0.1) is 11.8 Å². The molecule has 2 aromatic rings. The van der Waals surface area contributed by atoms with Gasteiger partial charge in [-0.3, -0.25) is 0 Å². The molecule has 3 nitrogen and oxygen atoms in total. The standard InChI is InChI=1S/C17H22N2OS/c1-14-5-3-6-15(11-14)13-21-17-16(7-4-8-19-17)12-18-9-10-20-2/h3-8,11,18H,9-10,12-13H2,1-2H3. The first-order valence-electron chi connectivity index (χ1n) is 7.11. The van der Waals surface area contributed by atoms with E-state index in [1.165, 1.54) is 16.7 Å². The number of aromatic nitrogens is 1. The van der Waals surface area contributed by atoms with E-state index in [1.807, 2.05) is 12.3 Å². The first-order chi connectivity index (χ1) is 10.3. The molecular weight excluding hydrogens is 280 g/mol. The summed E-state index contributed by atoms with van der Waals surface area (Å²) in [5.41, 5.74) is 3.88. The van der Waals surface area contributed by atoms with Crippen LogP contribution in [0, 0.1) is 6.92 Å². The molecular formula is C17H22N2OS. The second-order valence-electron chi connectivity index (χ2n) is 4.91. The summed E-state index contributed by atoms with van der Waals surface area (Å²) in [6, 6.07) is 12.7. The van der Waals surface area contributed by atoms with E-state index in [9.17, 15) is 0 Å². The Morgan fingerprint density at radius 2 is 2.14 bits per heavy atom. The Hall–Kier alpha value is -1.36. The zero-order valence-electron chi connectivity index (χ0n) is 12.6. The largest absolute Gasteiger partial charge is 0.383 e. The van der Waals surface area contributed by atoms with Crippen LogP contribution in [0.5, 0.6) is 0 Å². The van der Waals surface area contributed by atoms with Gasteiger partial charge in [0.05, 0.1) is 6.61 Å². The molecule has 2 rings (SSSR count). The van der Waals surface area contributed by atoms with Gasteiger partial charge < -0.3 is 10.1 Å². The fourth-order valence-corrected chi connectivity index (χ4v) is 2.98. The number of rotatable bonds is 8. The summed E-state index contributed by atoms with van der Waals surface area (Å²) in [5.74, 6) is 0.948. The SMILES string of the molecule is COCCNCc1cccnc1SCc1cccc(C)c1. The average Bonchev–Trinajstić information content (AvgIpc) is 2.50. The maximum atomic E-state index is 5.04. The number of benzene rings is 1. The molecule has 4 heteroatoms. The molecule has 112 valence electrons. The third-order valence-electron chi connectivity index (χ3n) is 3.11. The van der Waals surface area contributed by atoms with E-state index < -0.39 is 0 Å². The number of hydrogen-bond donors (Lipinski definition) is 1. The van der Waals surface area contributed by atoms with Crippen molar-refractivity contribution in [2.45, 2.75) is 24.2 Å². The van der Waals surface area contributed by atoms with E-state index in [0.29, 0.717) is 0 Å². The van der Waals surface area contributed by atoms with E-state index in [1.54, 1.807) is 18.9 Å². The minimum Gasteiger partial charge on any atom is -0.383 e. The van der Waals surface area contributed by atoms with Crippen molar-refractivity contribution in [3.05, 3.63) is 59.3 Å². The molecule has 0 spiro atoms. The molecule has 0 radical (unpaired) electrons. The molecule has 1 aromatic carbocycles. The summed E-state index contributed by atoms with van der Waals surface area (Å²) < 4.78 is 5.04. The van der Waals surface area contributed by atoms with Crippen molar-refractivity contribution in [3.8, 4) is 0 Å². The maximum Gasteiger partial charge on any atom is 0.101 e. The van der Waals surface area contributed by atoms with Crippen LogP contribution in [0.3, 0.4) is 0 Å². The second kappa shape index (κ2) is 8.82. The highest BCUT2D eigenvalue weighted by molar-refractivity contribution is 7.98. The maximum absolute atomic E-state index is 5.04. The zero-order valence-corrected chi connectivity index (χ0v) is 13.5. The van der Waals surface area contributed by atoms with Gasteiger partial charge in [0.1, 0.15) is 5.03 Å². The van der Waals surface area contributed by atoms with Crippen molar-refractivity contribution in [3.63, 3.8) is 0 Å². The molecule has 1 N–H and O–H groups in total. The first-order valence-corrected chi connectivity index (χ1v) is 8.10. The predicted octanol–water partition coefficient (Wildman–Crippen LogP) is 3.42. The van der Waals surface area contributed by atoms with Crippen molar-refractivity contribution < 1.29 is 4.74 Å². The molecule has 1 heterocycles. The third kappa shape index (κ3) is 5.50. The lowest BCUT2D eigenvalue weighted by Gasteiger charge is -2.09. The molecule has 0 amide bonds. The molecule has 0 aliphatic heterocycles. The predicted molar refractivity (Wildman–Crippen MR) is 88.6 cm³/mol. The van der Waals surface area contributed by atoms with E-state index >= 15 is 0 Å². The lowest BCUT2D eigenvalue weighted by Crippen LogP contribution is -2.19. The molecule has 0 aliphatic rings. The smallest absolute Gasteiger partial charge is 0.101 e. The summed E-state index contributed by atoms with van der Waals surface area (Å²) in [6.07, 6.45) is 1.86. The summed E-state index contributed by atoms with van der Waals surface area (Å²) in [5, 5.41) is 4.47. The number of thioether (sulfide) groups is 1. The fourth-order valence-electron chi connectivity index (χ4n) is 2.04. The van der Waals surface area contributed by atoms with Crippen LogP contribution in [-0.2, 0) is 17.0 Å². The summed E-state index contributed by atoms with van der Waals surface area (Å²) in [4.78, 5) is 4.51. The van der Waals surface area contributed by atoms with Crippen LogP contribution in [0.1, 0.15) is 16.7 Å². The number of nitrogens with one attached hydrogen (secondary N) is 1. The molecule has 0 unspecified atom stereocenters. The van der Waals surface area contributed by atoms with Crippen molar-refractivity contribution >= 4 is 11.8 Å². The number of ether oxygens (including phenoxy) is 1. The van der Waals surface area contributed by atoms with Crippen molar-refractivity contribution in [2.75, 3.05) is 20.3 Å². The molecule has 0 saturated carbocycles. The van der Waals surface area contributed by atoms with Crippen LogP contribution in [0.2, 0.25) is 0 Å². The zero-order chi connectivity index (χ0) is 14.9. The van der Waals surface area contributed by atoms with E-state index in [-0.39, 0.29) is 0 Å². The van der Waals surface area contributed by atoms with Crippen LogP contribution < -0.4 is 5.32 Å². The van der Waals surface area contributed by atoms with Gasteiger partial charge in [-0.1, -0.05) is 35.9 Å². The summed E-state index contributed by atoms with van der Waals surface area (Å²) in [6.45, 7) is 4.53. The van der Waals surface area contributed by atoms with E-state index in [0.717, 1.165) is 30.5 Å². The fraction of sp³-hybridized carbons (Fsp3) is 0.353. The molecule has 0 atom stereocenters. The number of pyridine rings is 1. The summed E-state index contributed by atoms with van der Waals surface area (Å²) in [7, 11) is 1.72. The number of aryl methyl sites for hydroxylation is 1. The highest BCUT2D eigenvalue weighted by Crippen LogP contribution is 2.24. The molecule has 21 heavy (non-hydrogen) atoms. The number of hydrogen-bond acceptors (Lipinski definition) is 4. The van der Waals surface area contributed by atoms with E-state index in [2.05, 4.69) is 47.6 Å². The molecule has 0 saturated heterocycles. The molecule has 0 bridgehead atoms. The Labute approximate surface area is 131 Å². The summed E-state index contributed by atoms with van der Waals surface area (Å²) >= 11 is 1.79. The van der Waals surface area contributed by atoms with Gasteiger partial charge in [-0.05, 0) is 24.1 Å². The van der Waals surface area contributed by atoms with Crippen LogP contribution in [0.4, 0.5) is 0 Å². The van der Waals surface area contributed by atoms with Gasteiger partial charge >= 0.3 is 0 Å². The van der Waals surface area contributed by atoms with Crippen LogP contribution in [0.15, 0.2) is 47.6 Å². The highest BCUT2D eigenvalue weighted by Gasteiger charge is 2.04. The molecule has 1 aromatic heterocycles. The van der Waals surface area contributed by atoms with Gasteiger partial charge in [0.15, 0.2) is 0 Å². The van der Waals surface area contributed by atoms with Gasteiger partial charge in [0, 0.05) is 32.1 Å². The Morgan fingerprint density at radius 3 is 2.95 bits per heavy atom.